The van der Waals surface area contributed by atoms with Crippen molar-refractivity contribution in [2.45, 2.75) is 39.8 Å². The molecule has 148 valence electrons. The number of carbonyl (C=O) groups excluding carboxylic acids is 2. The number of benzene rings is 1. The molecule has 0 saturated heterocycles. The second kappa shape index (κ2) is 8.78. The summed E-state index contributed by atoms with van der Waals surface area (Å²) in [4.78, 5) is 27.8. The summed E-state index contributed by atoms with van der Waals surface area (Å²) in [7, 11) is 0. The minimum absolute atomic E-state index is 0.0748. The fourth-order valence-corrected chi connectivity index (χ4v) is 3.30. The molecule has 0 unspecified atom stereocenters. The average Bonchev–Trinajstić information content (AvgIpc) is 3.22. The first kappa shape index (κ1) is 19.7. The van der Waals surface area contributed by atoms with Crippen molar-refractivity contribution in [1.29, 1.82) is 0 Å². The van der Waals surface area contributed by atoms with E-state index < -0.39 is 6.04 Å². The molecule has 6 heteroatoms. The maximum atomic E-state index is 13.1. The molecule has 1 aliphatic heterocycles. The fraction of sp³-hybridized carbons (Fsp3) is 0.364. The van der Waals surface area contributed by atoms with Gasteiger partial charge in [0, 0.05) is 13.1 Å². The van der Waals surface area contributed by atoms with Crippen molar-refractivity contribution in [3.8, 4) is 0 Å². The number of furan rings is 1. The highest BCUT2D eigenvalue weighted by atomic mass is 16.3. The smallest absolute Gasteiger partial charge is 0.270 e. The normalized spacial score (nSPS) is 17.1. The van der Waals surface area contributed by atoms with E-state index in [0.29, 0.717) is 30.2 Å². The highest BCUT2D eigenvalue weighted by molar-refractivity contribution is 6.06. The molecule has 1 aromatic carbocycles. The molecule has 1 aliphatic rings. The minimum atomic E-state index is -0.405. The Hall–Kier alpha value is -3.02. The van der Waals surface area contributed by atoms with Gasteiger partial charge >= 0.3 is 0 Å². The topological polar surface area (TPSA) is 74.6 Å². The third kappa shape index (κ3) is 4.11. The Bertz CT molecular complexity index is 841. The molecular formula is C22H27N3O3. The zero-order valence-electron chi connectivity index (χ0n) is 16.6. The molecule has 1 atom stereocenters. The molecule has 1 aromatic heterocycles. The second-order valence-corrected chi connectivity index (χ2v) is 7.23. The first-order valence-corrected chi connectivity index (χ1v) is 9.71. The van der Waals surface area contributed by atoms with Gasteiger partial charge in [0.1, 0.15) is 17.4 Å². The lowest BCUT2D eigenvalue weighted by Gasteiger charge is -2.37. The van der Waals surface area contributed by atoms with Crippen LogP contribution in [-0.4, -0.2) is 29.3 Å². The van der Waals surface area contributed by atoms with Crippen LogP contribution in [0.3, 0.4) is 0 Å². The summed E-state index contributed by atoms with van der Waals surface area (Å²) in [6.45, 7) is 6.82. The summed E-state index contributed by atoms with van der Waals surface area (Å²) in [6, 6.07) is 12.8. The van der Waals surface area contributed by atoms with E-state index in [1.807, 2.05) is 51.1 Å². The predicted octanol–water partition coefficient (Wildman–Crippen LogP) is 3.13. The molecule has 3 rings (SSSR count). The summed E-state index contributed by atoms with van der Waals surface area (Å²) < 4.78 is 5.57. The van der Waals surface area contributed by atoms with Crippen molar-refractivity contribution in [3.63, 3.8) is 0 Å². The molecule has 28 heavy (non-hydrogen) atoms. The Balaban J connectivity index is 1.98. The molecule has 0 fully saturated rings. The van der Waals surface area contributed by atoms with E-state index >= 15 is 0 Å². The summed E-state index contributed by atoms with van der Waals surface area (Å²) in [5.74, 6) is 0.235. The molecule has 2 aromatic rings. The van der Waals surface area contributed by atoms with Crippen molar-refractivity contribution in [2.75, 3.05) is 6.54 Å². The maximum absolute atomic E-state index is 13.1. The van der Waals surface area contributed by atoms with Crippen LogP contribution in [0.2, 0.25) is 0 Å². The summed E-state index contributed by atoms with van der Waals surface area (Å²) in [6.07, 6.45) is 2.31. The van der Waals surface area contributed by atoms with Crippen LogP contribution in [0.4, 0.5) is 0 Å². The van der Waals surface area contributed by atoms with Crippen LogP contribution in [0.5, 0.6) is 0 Å². The first-order valence-electron chi connectivity index (χ1n) is 9.71. The quantitative estimate of drug-likeness (QED) is 0.773. The first-order chi connectivity index (χ1) is 13.5. The largest absolute Gasteiger partial charge is 0.463 e. The summed E-state index contributed by atoms with van der Waals surface area (Å²) >= 11 is 0. The summed E-state index contributed by atoms with van der Waals surface area (Å²) in [5, 5.41) is 6.20. The average molecular weight is 381 g/mol. The van der Waals surface area contributed by atoms with Gasteiger partial charge in [-0.1, -0.05) is 51.1 Å². The fourth-order valence-electron chi connectivity index (χ4n) is 3.30. The number of carbonyl (C=O) groups is 2. The molecule has 0 radical (unpaired) electrons. The number of hydrogen-bond acceptors (Lipinski definition) is 4. The van der Waals surface area contributed by atoms with Crippen molar-refractivity contribution < 1.29 is 14.0 Å². The molecule has 0 bridgehead atoms. The predicted molar refractivity (Wildman–Crippen MR) is 108 cm³/mol. The van der Waals surface area contributed by atoms with Gasteiger partial charge in [-0.15, -0.1) is 0 Å². The number of hydrogen-bond donors (Lipinski definition) is 2. The molecule has 2 heterocycles. The Labute approximate surface area is 165 Å². The Kier molecular flexibility index (Phi) is 6.19. The van der Waals surface area contributed by atoms with E-state index in [2.05, 4.69) is 10.6 Å². The van der Waals surface area contributed by atoms with Crippen LogP contribution in [0.1, 0.15) is 38.5 Å². The lowest BCUT2D eigenvalue weighted by molar-refractivity contribution is -0.136. The lowest BCUT2D eigenvalue weighted by Crippen LogP contribution is -2.55. The number of amides is 2. The van der Waals surface area contributed by atoms with Gasteiger partial charge < -0.3 is 20.0 Å². The SMILES string of the molecule is CCCN1C(=O)[C@H](C(C)C)NC(c2ccco2)=C1C(=O)NCc1ccccc1. The highest BCUT2D eigenvalue weighted by Gasteiger charge is 2.39. The number of nitrogens with zero attached hydrogens (tertiary/aromatic N) is 1. The van der Waals surface area contributed by atoms with Crippen LogP contribution >= 0.6 is 0 Å². The molecule has 6 nitrogen and oxygen atoms in total. The highest BCUT2D eigenvalue weighted by Crippen LogP contribution is 2.28. The van der Waals surface area contributed by atoms with Crippen molar-refractivity contribution in [3.05, 3.63) is 65.7 Å². The van der Waals surface area contributed by atoms with Gasteiger partial charge in [0.05, 0.1) is 6.26 Å². The van der Waals surface area contributed by atoms with Crippen LogP contribution in [0.25, 0.3) is 5.70 Å². The van der Waals surface area contributed by atoms with Crippen molar-refractivity contribution in [2.24, 2.45) is 5.92 Å². The van der Waals surface area contributed by atoms with Crippen LogP contribution in [-0.2, 0) is 16.1 Å². The van der Waals surface area contributed by atoms with E-state index in [1.54, 1.807) is 23.3 Å². The Morgan fingerprint density at radius 1 is 1.21 bits per heavy atom. The molecular weight excluding hydrogens is 354 g/mol. The third-order valence-corrected chi connectivity index (χ3v) is 4.73. The van der Waals surface area contributed by atoms with Crippen LogP contribution in [0, 0.1) is 5.92 Å². The third-order valence-electron chi connectivity index (χ3n) is 4.73. The van der Waals surface area contributed by atoms with Crippen molar-refractivity contribution in [1.82, 2.24) is 15.5 Å². The second-order valence-electron chi connectivity index (χ2n) is 7.23. The number of rotatable bonds is 7. The van der Waals surface area contributed by atoms with E-state index in [9.17, 15) is 9.59 Å². The van der Waals surface area contributed by atoms with Gasteiger partial charge in [-0.3, -0.25) is 9.59 Å². The van der Waals surface area contributed by atoms with E-state index in [-0.39, 0.29) is 17.7 Å². The van der Waals surface area contributed by atoms with E-state index in [4.69, 9.17) is 4.42 Å². The standard InChI is InChI=1S/C22H27N3O3/c1-4-12-25-20(21(26)23-14-16-9-6-5-7-10-16)19(17-11-8-13-28-17)24-18(15(2)3)22(25)27/h5-11,13,15,18,24H,4,12,14H2,1-3H3,(H,23,26)/t18-/m0/s1. The zero-order chi connectivity index (χ0) is 20.1. The molecule has 0 spiro atoms. The van der Waals surface area contributed by atoms with Crippen LogP contribution in [0.15, 0.2) is 58.8 Å². The minimum Gasteiger partial charge on any atom is -0.463 e. The Morgan fingerprint density at radius 2 is 1.96 bits per heavy atom. The molecule has 0 aliphatic carbocycles. The summed E-state index contributed by atoms with van der Waals surface area (Å²) in [5.41, 5.74) is 1.87. The molecule has 2 N–H and O–H groups in total. The van der Waals surface area contributed by atoms with Gasteiger partial charge in [-0.25, -0.2) is 0 Å². The maximum Gasteiger partial charge on any atom is 0.270 e. The van der Waals surface area contributed by atoms with Gasteiger partial charge in [0.25, 0.3) is 5.91 Å². The van der Waals surface area contributed by atoms with E-state index in [0.717, 1.165) is 12.0 Å². The van der Waals surface area contributed by atoms with Crippen molar-refractivity contribution >= 4 is 17.5 Å². The lowest BCUT2D eigenvalue weighted by atomic mass is 9.98. The van der Waals surface area contributed by atoms with Gasteiger partial charge in [-0.2, -0.15) is 0 Å². The molecule has 0 saturated carbocycles. The van der Waals surface area contributed by atoms with E-state index in [1.165, 1.54) is 0 Å². The van der Waals surface area contributed by atoms with Gasteiger partial charge in [0.15, 0.2) is 5.76 Å². The van der Waals surface area contributed by atoms with Gasteiger partial charge in [-0.05, 0) is 30.0 Å². The molecule has 2 amide bonds. The Morgan fingerprint density at radius 3 is 2.57 bits per heavy atom. The van der Waals surface area contributed by atoms with Crippen LogP contribution < -0.4 is 10.6 Å². The zero-order valence-corrected chi connectivity index (χ0v) is 16.6. The van der Waals surface area contributed by atoms with Gasteiger partial charge in [0.2, 0.25) is 5.91 Å². The number of nitrogens with one attached hydrogen (secondary N) is 2. The monoisotopic (exact) mass is 381 g/mol.